The first-order valence-electron chi connectivity index (χ1n) is 7.11. The van der Waals surface area contributed by atoms with E-state index in [1.54, 1.807) is 0 Å². The molecule has 1 saturated carbocycles. The molecule has 0 aromatic heterocycles. The van der Waals surface area contributed by atoms with Crippen LogP contribution < -0.4 is 5.32 Å². The predicted octanol–water partition coefficient (Wildman–Crippen LogP) is 2.45. The van der Waals surface area contributed by atoms with E-state index in [1.807, 2.05) is 4.90 Å². The number of hydrogen-bond acceptors (Lipinski definition) is 2. The Hall–Kier alpha value is -0.280. The Morgan fingerprint density at radius 3 is 2.44 bits per heavy atom. The van der Waals surface area contributed by atoms with E-state index in [9.17, 15) is 4.79 Å². The highest BCUT2D eigenvalue weighted by atomic mass is 35.5. The first kappa shape index (κ1) is 15.8. The van der Waals surface area contributed by atoms with Crippen molar-refractivity contribution in [1.29, 1.82) is 0 Å². The molecule has 3 nitrogen and oxygen atoms in total. The molecule has 0 radical (unpaired) electrons. The summed E-state index contributed by atoms with van der Waals surface area (Å²) in [6, 6.07) is 0. The van der Waals surface area contributed by atoms with Crippen molar-refractivity contribution in [2.75, 3.05) is 26.2 Å². The van der Waals surface area contributed by atoms with Gasteiger partial charge in [0.2, 0.25) is 5.91 Å². The maximum absolute atomic E-state index is 12.0. The first-order chi connectivity index (χ1) is 8.13. The lowest BCUT2D eigenvalue weighted by Crippen LogP contribution is -2.45. The number of likely N-dealkylation sites (tertiary alicyclic amines) is 1. The van der Waals surface area contributed by atoms with Gasteiger partial charge in [0.05, 0.1) is 6.54 Å². The molecule has 1 saturated heterocycles. The van der Waals surface area contributed by atoms with Gasteiger partial charge in [-0.05, 0) is 43.6 Å². The zero-order valence-electron chi connectivity index (χ0n) is 11.7. The van der Waals surface area contributed by atoms with Crippen LogP contribution in [0.2, 0.25) is 0 Å². The van der Waals surface area contributed by atoms with Gasteiger partial charge in [-0.3, -0.25) is 4.79 Å². The second kappa shape index (κ2) is 6.76. The third kappa shape index (κ3) is 4.43. The monoisotopic (exact) mass is 274 g/mol. The fourth-order valence-electron chi connectivity index (χ4n) is 2.47. The summed E-state index contributed by atoms with van der Waals surface area (Å²) in [4.78, 5) is 14.0. The third-order valence-corrected chi connectivity index (χ3v) is 4.58. The number of amides is 1. The van der Waals surface area contributed by atoms with E-state index in [0.717, 1.165) is 38.4 Å². The molecule has 18 heavy (non-hydrogen) atoms. The van der Waals surface area contributed by atoms with Gasteiger partial charge in [0.1, 0.15) is 0 Å². The molecular weight excluding hydrogens is 248 g/mol. The van der Waals surface area contributed by atoms with E-state index in [2.05, 4.69) is 19.2 Å². The first-order valence-corrected chi connectivity index (χ1v) is 7.11. The van der Waals surface area contributed by atoms with Gasteiger partial charge < -0.3 is 10.2 Å². The summed E-state index contributed by atoms with van der Waals surface area (Å²) in [7, 11) is 0. The maximum Gasteiger partial charge on any atom is 0.236 e. The van der Waals surface area contributed by atoms with Crippen LogP contribution in [0, 0.1) is 11.3 Å². The Balaban J connectivity index is 0.00000162. The average Bonchev–Trinajstić information content (AvgIpc) is 3.14. The van der Waals surface area contributed by atoms with Crippen LogP contribution in [0.4, 0.5) is 0 Å². The van der Waals surface area contributed by atoms with Crippen molar-refractivity contribution in [3.8, 4) is 0 Å². The molecule has 1 N–H and O–H groups in total. The standard InChI is InChI=1S/C14H26N2O.ClH/c1-3-14(2)6-8-16(9-7-14)13(17)11-15-10-12-4-5-12;/h12,15H,3-11H2,1-2H3;1H. The summed E-state index contributed by atoms with van der Waals surface area (Å²) < 4.78 is 0. The molecule has 0 unspecified atom stereocenters. The molecule has 0 spiro atoms. The van der Waals surface area contributed by atoms with Crippen LogP contribution in [0.3, 0.4) is 0 Å². The van der Waals surface area contributed by atoms with E-state index >= 15 is 0 Å². The Labute approximate surface area is 117 Å². The Morgan fingerprint density at radius 2 is 1.94 bits per heavy atom. The van der Waals surface area contributed by atoms with Gasteiger partial charge >= 0.3 is 0 Å². The number of piperidine rings is 1. The SMILES string of the molecule is CCC1(C)CCN(C(=O)CNCC2CC2)CC1.Cl. The predicted molar refractivity (Wildman–Crippen MR) is 77.1 cm³/mol. The van der Waals surface area contributed by atoms with Gasteiger partial charge in [-0.15, -0.1) is 12.4 Å². The normalized spacial score (nSPS) is 22.4. The van der Waals surface area contributed by atoms with Crippen LogP contribution in [0.25, 0.3) is 0 Å². The second-order valence-electron chi connectivity index (χ2n) is 6.12. The highest BCUT2D eigenvalue weighted by Gasteiger charge is 2.30. The second-order valence-corrected chi connectivity index (χ2v) is 6.12. The van der Waals surface area contributed by atoms with Crippen molar-refractivity contribution >= 4 is 18.3 Å². The summed E-state index contributed by atoms with van der Waals surface area (Å²) in [6.45, 7) is 8.09. The van der Waals surface area contributed by atoms with Gasteiger partial charge in [0.25, 0.3) is 0 Å². The van der Waals surface area contributed by atoms with Crippen molar-refractivity contribution in [3.63, 3.8) is 0 Å². The smallest absolute Gasteiger partial charge is 0.236 e. The third-order valence-electron chi connectivity index (χ3n) is 4.58. The summed E-state index contributed by atoms with van der Waals surface area (Å²) in [5, 5.41) is 3.29. The lowest BCUT2D eigenvalue weighted by atomic mass is 9.78. The highest BCUT2D eigenvalue weighted by Crippen LogP contribution is 2.33. The average molecular weight is 275 g/mol. The van der Waals surface area contributed by atoms with Crippen molar-refractivity contribution < 1.29 is 4.79 Å². The summed E-state index contributed by atoms with van der Waals surface area (Å²) >= 11 is 0. The molecule has 2 rings (SSSR count). The largest absolute Gasteiger partial charge is 0.342 e. The Bertz CT molecular complexity index is 271. The van der Waals surface area contributed by atoms with Crippen LogP contribution in [0.15, 0.2) is 0 Å². The molecule has 106 valence electrons. The molecule has 0 bridgehead atoms. The van der Waals surface area contributed by atoms with Crippen molar-refractivity contribution in [2.45, 2.75) is 46.0 Å². The number of carbonyl (C=O) groups excluding carboxylic acids is 1. The number of hydrogen-bond donors (Lipinski definition) is 1. The molecule has 1 heterocycles. The van der Waals surface area contributed by atoms with Crippen LogP contribution in [0.1, 0.15) is 46.0 Å². The minimum absolute atomic E-state index is 0. The summed E-state index contributed by atoms with van der Waals surface area (Å²) in [5.41, 5.74) is 0.470. The molecule has 0 aromatic carbocycles. The summed E-state index contributed by atoms with van der Waals surface area (Å²) in [5.74, 6) is 1.15. The Morgan fingerprint density at radius 1 is 1.33 bits per heavy atom. The molecular formula is C14H27ClN2O. The van der Waals surface area contributed by atoms with E-state index in [0.29, 0.717) is 17.9 Å². The quantitative estimate of drug-likeness (QED) is 0.835. The van der Waals surface area contributed by atoms with E-state index in [1.165, 1.54) is 19.3 Å². The fraction of sp³-hybridized carbons (Fsp3) is 0.929. The number of nitrogens with one attached hydrogen (secondary N) is 1. The van der Waals surface area contributed by atoms with Gasteiger partial charge in [0, 0.05) is 13.1 Å². The van der Waals surface area contributed by atoms with Gasteiger partial charge in [-0.1, -0.05) is 20.3 Å². The number of halogens is 1. The highest BCUT2D eigenvalue weighted by molar-refractivity contribution is 5.85. The van der Waals surface area contributed by atoms with Crippen molar-refractivity contribution in [2.24, 2.45) is 11.3 Å². The minimum atomic E-state index is 0. The number of carbonyl (C=O) groups is 1. The Kier molecular flexibility index (Phi) is 5.93. The van der Waals surface area contributed by atoms with Gasteiger partial charge in [-0.2, -0.15) is 0 Å². The van der Waals surface area contributed by atoms with Crippen LogP contribution in [0.5, 0.6) is 0 Å². The number of rotatable bonds is 5. The molecule has 0 atom stereocenters. The molecule has 1 amide bonds. The summed E-state index contributed by atoms with van der Waals surface area (Å²) in [6.07, 6.45) is 6.25. The van der Waals surface area contributed by atoms with Crippen LogP contribution in [-0.4, -0.2) is 37.0 Å². The minimum Gasteiger partial charge on any atom is -0.342 e. The van der Waals surface area contributed by atoms with E-state index in [4.69, 9.17) is 0 Å². The lowest BCUT2D eigenvalue weighted by molar-refractivity contribution is -0.132. The van der Waals surface area contributed by atoms with Crippen LogP contribution >= 0.6 is 12.4 Å². The lowest BCUT2D eigenvalue weighted by Gasteiger charge is -2.39. The van der Waals surface area contributed by atoms with Crippen LogP contribution in [-0.2, 0) is 4.79 Å². The topological polar surface area (TPSA) is 32.3 Å². The van der Waals surface area contributed by atoms with E-state index < -0.39 is 0 Å². The molecule has 1 aliphatic carbocycles. The van der Waals surface area contributed by atoms with Gasteiger partial charge in [0.15, 0.2) is 0 Å². The maximum atomic E-state index is 12.0. The molecule has 0 aromatic rings. The molecule has 1 aliphatic heterocycles. The zero-order valence-corrected chi connectivity index (χ0v) is 12.5. The fourth-order valence-corrected chi connectivity index (χ4v) is 2.47. The number of nitrogens with zero attached hydrogens (tertiary/aromatic N) is 1. The molecule has 4 heteroatoms. The molecule has 2 fully saturated rings. The van der Waals surface area contributed by atoms with Crippen molar-refractivity contribution in [1.82, 2.24) is 10.2 Å². The zero-order chi connectivity index (χ0) is 12.3. The van der Waals surface area contributed by atoms with Crippen molar-refractivity contribution in [3.05, 3.63) is 0 Å². The van der Waals surface area contributed by atoms with E-state index in [-0.39, 0.29) is 12.4 Å². The molecule has 2 aliphatic rings. The van der Waals surface area contributed by atoms with Gasteiger partial charge in [-0.25, -0.2) is 0 Å².